The minimum absolute atomic E-state index is 0.140. The zero-order valence-electron chi connectivity index (χ0n) is 15.7. The van der Waals surface area contributed by atoms with E-state index in [1.807, 2.05) is 6.07 Å². The van der Waals surface area contributed by atoms with Gasteiger partial charge in [0.25, 0.3) is 5.56 Å². The second-order valence-electron chi connectivity index (χ2n) is 5.58. The van der Waals surface area contributed by atoms with Gasteiger partial charge in [-0.3, -0.25) is 14.2 Å². The Hall–Kier alpha value is -3.38. The molecular formula is C19H20N4O4S. The van der Waals surface area contributed by atoms with Crippen LogP contribution >= 0.6 is 11.3 Å². The molecule has 1 aromatic carbocycles. The van der Waals surface area contributed by atoms with Gasteiger partial charge in [-0.1, -0.05) is 0 Å². The topological polar surface area (TPSA) is 113 Å². The zero-order valence-corrected chi connectivity index (χ0v) is 16.6. The quantitative estimate of drug-likeness (QED) is 0.699. The summed E-state index contributed by atoms with van der Waals surface area (Å²) in [6.45, 7) is 5.29. The first kappa shape index (κ1) is 20.9. The maximum absolute atomic E-state index is 12.6. The molecule has 146 valence electrons. The number of carbonyl (C=O) groups is 2. The lowest BCUT2D eigenvalue weighted by Crippen LogP contribution is -2.32. The molecule has 28 heavy (non-hydrogen) atoms. The van der Waals surface area contributed by atoms with Crippen LogP contribution in [0.15, 0.2) is 29.1 Å². The second kappa shape index (κ2) is 9.53. The average Bonchev–Trinajstić information content (AvgIpc) is 2.97. The number of thiazole rings is 1. The fourth-order valence-corrected chi connectivity index (χ4v) is 3.46. The van der Waals surface area contributed by atoms with Crippen molar-refractivity contribution >= 4 is 46.4 Å². The molecule has 8 nitrogen and oxygen atoms in total. The Labute approximate surface area is 165 Å². The molecule has 0 aliphatic rings. The van der Waals surface area contributed by atoms with Gasteiger partial charge in [0.2, 0.25) is 5.91 Å². The molecule has 0 aliphatic carbocycles. The molecule has 0 saturated heterocycles. The molecule has 0 spiro atoms. The van der Waals surface area contributed by atoms with Gasteiger partial charge in [-0.15, -0.1) is 11.3 Å². The van der Waals surface area contributed by atoms with Crippen LogP contribution in [0.3, 0.4) is 0 Å². The summed E-state index contributed by atoms with van der Waals surface area (Å²) in [5.41, 5.74) is 0.876. The molecule has 0 saturated carbocycles. The molecule has 2 aromatic rings. The Bertz CT molecular complexity index is 1090. The first-order chi connectivity index (χ1) is 13.4. The van der Waals surface area contributed by atoms with Gasteiger partial charge in [0.05, 0.1) is 6.61 Å². The van der Waals surface area contributed by atoms with E-state index in [-0.39, 0.29) is 28.3 Å². The van der Waals surface area contributed by atoms with Crippen molar-refractivity contribution in [1.29, 1.82) is 5.26 Å². The Kier molecular flexibility index (Phi) is 7.12. The molecule has 9 heteroatoms. The number of carbonyl (C=O) groups excluding carboxylic acids is 2. The molecule has 1 amide bonds. The summed E-state index contributed by atoms with van der Waals surface area (Å²) in [6.07, 6.45) is 1.52. The highest BCUT2D eigenvalue weighted by molar-refractivity contribution is 7.07. The van der Waals surface area contributed by atoms with Gasteiger partial charge < -0.3 is 15.4 Å². The van der Waals surface area contributed by atoms with E-state index in [1.165, 1.54) is 17.7 Å². The number of hydrogen-bond acceptors (Lipinski definition) is 7. The van der Waals surface area contributed by atoms with Crippen molar-refractivity contribution < 1.29 is 14.3 Å². The van der Waals surface area contributed by atoms with Gasteiger partial charge in [-0.2, -0.15) is 5.26 Å². The molecule has 1 aromatic heterocycles. The Balaban J connectivity index is 2.43. The molecule has 0 aliphatic heterocycles. The highest BCUT2D eigenvalue weighted by Crippen LogP contribution is 2.13. The lowest BCUT2D eigenvalue weighted by atomic mass is 10.3. The van der Waals surface area contributed by atoms with E-state index in [9.17, 15) is 19.6 Å². The molecule has 0 unspecified atom stereocenters. The molecule has 0 fully saturated rings. The number of hydrogen-bond donors (Lipinski definition) is 2. The maximum Gasteiger partial charge on any atom is 0.351 e. The fourth-order valence-electron chi connectivity index (χ4n) is 2.38. The zero-order chi connectivity index (χ0) is 20.7. The van der Waals surface area contributed by atoms with Crippen LogP contribution in [-0.4, -0.2) is 23.1 Å². The first-order valence-corrected chi connectivity index (χ1v) is 9.38. The summed E-state index contributed by atoms with van der Waals surface area (Å²) >= 11 is 1.04. The summed E-state index contributed by atoms with van der Waals surface area (Å²) in [6, 6.07) is 8.79. The SMILES string of the molecule is CCOC(=O)/C(C#N)=c1/s/c(=C/Nc2ccc(NC(C)=O)cc2)c(=O)n1CC. The van der Waals surface area contributed by atoms with Crippen LogP contribution in [0.2, 0.25) is 0 Å². The number of nitriles is 1. The van der Waals surface area contributed by atoms with Gasteiger partial charge in [0.15, 0.2) is 5.57 Å². The number of ether oxygens (including phenoxy) is 1. The van der Waals surface area contributed by atoms with E-state index < -0.39 is 5.97 Å². The third-order valence-corrected chi connectivity index (χ3v) is 4.73. The van der Waals surface area contributed by atoms with Crippen LogP contribution in [0.25, 0.3) is 11.8 Å². The molecule has 0 bridgehead atoms. The van der Waals surface area contributed by atoms with Crippen LogP contribution in [0.4, 0.5) is 11.4 Å². The molecule has 0 radical (unpaired) electrons. The van der Waals surface area contributed by atoms with Gasteiger partial charge in [0, 0.05) is 31.0 Å². The van der Waals surface area contributed by atoms with E-state index in [0.29, 0.717) is 22.5 Å². The van der Waals surface area contributed by atoms with Crippen molar-refractivity contribution in [2.75, 3.05) is 17.2 Å². The smallest absolute Gasteiger partial charge is 0.351 e. The van der Waals surface area contributed by atoms with Crippen molar-refractivity contribution in [3.63, 3.8) is 0 Å². The summed E-state index contributed by atoms with van der Waals surface area (Å²) in [5, 5.41) is 15.0. The largest absolute Gasteiger partial charge is 0.462 e. The van der Waals surface area contributed by atoms with Crippen LogP contribution < -0.4 is 25.4 Å². The number of amides is 1. The van der Waals surface area contributed by atoms with Gasteiger partial charge >= 0.3 is 5.97 Å². The second-order valence-corrected chi connectivity index (χ2v) is 6.61. The lowest BCUT2D eigenvalue weighted by molar-refractivity contribution is -0.136. The van der Waals surface area contributed by atoms with Crippen molar-refractivity contribution in [3.8, 4) is 6.07 Å². The Morgan fingerprint density at radius 2 is 1.89 bits per heavy atom. The molecule has 0 atom stereocenters. The molecule has 1 heterocycles. The number of benzene rings is 1. The van der Waals surface area contributed by atoms with Crippen LogP contribution in [0.5, 0.6) is 0 Å². The maximum atomic E-state index is 12.6. The van der Waals surface area contributed by atoms with E-state index >= 15 is 0 Å². The summed E-state index contributed by atoms with van der Waals surface area (Å²) in [4.78, 5) is 35.7. The number of aromatic nitrogens is 1. The van der Waals surface area contributed by atoms with Crippen LogP contribution in [0, 0.1) is 11.3 Å². The number of nitrogens with zero attached hydrogens (tertiary/aromatic N) is 2. The number of esters is 1. The van der Waals surface area contributed by atoms with E-state index in [1.54, 1.807) is 38.1 Å². The third kappa shape index (κ3) is 4.86. The standard InChI is InChI=1S/C19H20N4O4S/c1-4-23-17(25)16(28-18(23)15(10-20)19(26)27-5-2)11-21-13-6-8-14(9-7-13)22-12(3)24/h6-9,11,21H,4-5H2,1-3H3,(H,22,24)/b16-11+,18-15+. The lowest BCUT2D eigenvalue weighted by Gasteiger charge is -2.03. The fraction of sp³-hybridized carbons (Fsp3) is 0.263. The van der Waals surface area contributed by atoms with Gasteiger partial charge in [0.1, 0.15) is 15.3 Å². The minimum atomic E-state index is -0.749. The Morgan fingerprint density at radius 3 is 2.43 bits per heavy atom. The van der Waals surface area contributed by atoms with E-state index in [0.717, 1.165) is 11.3 Å². The predicted molar refractivity (Wildman–Crippen MR) is 108 cm³/mol. The number of rotatable bonds is 6. The Morgan fingerprint density at radius 1 is 1.25 bits per heavy atom. The predicted octanol–water partition coefficient (Wildman–Crippen LogP) is 0.976. The average molecular weight is 400 g/mol. The number of nitrogens with one attached hydrogen (secondary N) is 2. The highest BCUT2D eigenvalue weighted by atomic mass is 32.1. The summed E-state index contributed by atoms with van der Waals surface area (Å²) in [7, 11) is 0. The van der Waals surface area contributed by atoms with Crippen molar-refractivity contribution in [1.82, 2.24) is 4.57 Å². The molecule has 2 rings (SSSR count). The van der Waals surface area contributed by atoms with E-state index in [2.05, 4.69) is 10.6 Å². The minimum Gasteiger partial charge on any atom is -0.462 e. The number of anilines is 2. The van der Waals surface area contributed by atoms with Crippen molar-refractivity contribution in [3.05, 3.63) is 43.8 Å². The molecular weight excluding hydrogens is 380 g/mol. The normalized spacial score (nSPS) is 12.1. The van der Waals surface area contributed by atoms with E-state index in [4.69, 9.17) is 4.74 Å². The molecule has 2 N–H and O–H groups in total. The summed E-state index contributed by atoms with van der Waals surface area (Å²) in [5.74, 6) is -0.911. The summed E-state index contributed by atoms with van der Waals surface area (Å²) < 4.78 is 6.88. The van der Waals surface area contributed by atoms with Crippen LogP contribution in [0.1, 0.15) is 20.8 Å². The first-order valence-electron chi connectivity index (χ1n) is 8.56. The third-order valence-electron chi connectivity index (χ3n) is 3.60. The van der Waals surface area contributed by atoms with Crippen molar-refractivity contribution in [2.24, 2.45) is 0 Å². The monoisotopic (exact) mass is 400 g/mol. The van der Waals surface area contributed by atoms with Gasteiger partial charge in [-0.05, 0) is 38.1 Å². The van der Waals surface area contributed by atoms with Crippen LogP contribution in [-0.2, 0) is 20.9 Å². The van der Waals surface area contributed by atoms with Crippen molar-refractivity contribution in [2.45, 2.75) is 27.3 Å². The highest BCUT2D eigenvalue weighted by Gasteiger charge is 2.16. The van der Waals surface area contributed by atoms with Gasteiger partial charge in [-0.25, -0.2) is 4.79 Å².